The smallest absolute Gasteiger partial charge is 0.345 e. The Morgan fingerprint density at radius 1 is 1.15 bits per heavy atom. The zero-order chi connectivity index (χ0) is 23.7. The Hall–Kier alpha value is -4.11. The fourth-order valence-electron chi connectivity index (χ4n) is 4.13. The minimum absolute atomic E-state index is 0. The Morgan fingerprint density at radius 2 is 1.85 bits per heavy atom. The molecule has 5 N–H and O–H groups in total. The predicted molar refractivity (Wildman–Crippen MR) is 134 cm³/mol. The number of nitrogen functional groups attached to an aromatic ring is 2. The SMILES string of the molecule is CCn1c(OC)c(C(=O)O)c(=O)c2c(Cc3cnc(N)nc3N)c(-c3ccccc3)ccc21.Cl. The van der Waals surface area contributed by atoms with Crippen molar-refractivity contribution in [3.8, 4) is 17.0 Å². The van der Waals surface area contributed by atoms with E-state index in [1.807, 2.05) is 49.4 Å². The first kappa shape index (κ1) is 24.5. The first-order valence-corrected chi connectivity index (χ1v) is 10.3. The lowest BCUT2D eigenvalue weighted by atomic mass is 9.91. The Balaban J connectivity index is 0.00000324. The lowest BCUT2D eigenvalue weighted by Gasteiger charge is -2.20. The number of nitrogens with zero attached hydrogens (tertiary/aromatic N) is 3. The van der Waals surface area contributed by atoms with E-state index >= 15 is 0 Å². The number of carbonyl (C=O) groups is 1. The molecule has 0 unspecified atom stereocenters. The van der Waals surface area contributed by atoms with Crippen molar-refractivity contribution in [3.63, 3.8) is 0 Å². The Bertz CT molecular complexity index is 1440. The van der Waals surface area contributed by atoms with Crippen LogP contribution in [-0.4, -0.2) is 32.7 Å². The van der Waals surface area contributed by atoms with E-state index in [9.17, 15) is 14.7 Å². The van der Waals surface area contributed by atoms with Crippen molar-refractivity contribution in [1.82, 2.24) is 14.5 Å². The Morgan fingerprint density at radius 3 is 2.44 bits per heavy atom. The maximum absolute atomic E-state index is 13.6. The molecule has 34 heavy (non-hydrogen) atoms. The number of benzene rings is 2. The number of aromatic nitrogens is 3. The van der Waals surface area contributed by atoms with Gasteiger partial charge in [-0.15, -0.1) is 12.4 Å². The van der Waals surface area contributed by atoms with Gasteiger partial charge in [-0.3, -0.25) is 4.79 Å². The van der Waals surface area contributed by atoms with Gasteiger partial charge in [-0.2, -0.15) is 4.98 Å². The first-order valence-electron chi connectivity index (χ1n) is 10.3. The van der Waals surface area contributed by atoms with E-state index in [0.29, 0.717) is 23.2 Å². The lowest BCUT2D eigenvalue weighted by molar-refractivity contribution is 0.0690. The Kier molecular flexibility index (Phi) is 7.07. The summed E-state index contributed by atoms with van der Waals surface area (Å²) in [7, 11) is 1.35. The fraction of sp³-hybridized carbons (Fsp3) is 0.167. The number of halogens is 1. The summed E-state index contributed by atoms with van der Waals surface area (Å²) in [6.07, 6.45) is 1.73. The highest BCUT2D eigenvalue weighted by Gasteiger charge is 2.26. The van der Waals surface area contributed by atoms with Gasteiger partial charge in [0.25, 0.3) is 0 Å². The van der Waals surface area contributed by atoms with Crippen LogP contribution in [0.5, 0.6) is 5.88 Å². The average Bonchev–Trinajstić information content (AvgIpc) is 2.80. The van der Waals surface area contributed by atoms with E-state index < -0.39 is 17.0 Å². The second kappa shape index (κ2) is 9.80. The molecule has 0 spiro atoms. The van der Waals surface area contributed by atoms with Gasteiger partial charge in [0, 0.05) is 24.7 Å². The van der Waals surface area contributed by atoms with Crippen LogP contribution >= 0.6 is 12.4 Å². The van der Waals surface area contributed by atoms with Crippen LogP contribution < -0.4 is 21.6 Å². The highest BCUT2D eigenvalue weighted by molar-refractivity contribution is 5.98. The number of ether oxygens (including phenoxy) is 1. The molecule has 0 aliphatic carbocycles. The third-order valence-electron chi connectivity index (χ3n) is 5.59. The number of aryl methyl sites for hydroxylation is 1. The summed E-state index contributed by atoms with van der Waals surface area (Å²) < 4.78 is 7.03. The number of carboxylic acids is 1. The summed E-state index contributed by atoms with van der Waals surface area (Å²) in [6.45, 7) is 2.26. The van der Waals surface area contributed by atoms with Crippen molar-refractivity contribution >= 4 is 41.0 Å². The van der Waals surface area contributed by atoms with Gasteiger partial charge < -0.3 is 25.9 Å². The number of hydrogen-bond acceptors (Lipinski definition) is 7. The molecule has 10 heteroatoms. The summed E-state index contributed by atoms with van der Waals surface area (Å²) in [5.74, 6) is -1.10. The number of pyridine rings is 1. The van der Waals surface area contributed by atoms with Gasteiger partial charge in [-0.05, 0) is 29.7 Å². The van der Waals surface area contributed by atoms with Crippen LogP contribution in [0, 0.1) is 0 Å². The molecule has 176 valence electrons. The van der Waals surface area contributed by atoms with Crippen LogP contribution in [0.15, 0.2) is 53.5 Å². The van der Waals surface area contributed by atoms with Gasteiger partial charge in [-0.1, -0.05) is 36.4 Å². The average molecular weight is 482 g/mol. The summed E-state index contributed by atoms with van der Waals surface area (Å²) in [5, 5.41) is 10.1. The monoisotopic (exact) mass is 481 g/mol. The first-order chi connectivity index (χ1) is 15.9. The van der Waals surface area contributed by atoms with Crippen molar-refractivity contribution in [2.24, 2.45) is 0 Å². The largest absolute Gasteiger partial charge is 0.481 e. The second-order valence-electron chi connectivity index (χ2n) is 7.43. The maximum atomic E-state index is 13.6. The topological polar surface area (TPSA) is 146 Å². The zero-order valence-corrected chi connectivity index (χ0v) is 19.4. The molecule has 4 aromatic rings. The molecule has 0 saturated heterocycles. The van der Waals surface area contributed by atoms with Crippen LogP contribution in [0.4, 0.5) is 11.8 Å². The van der Waals surface area contributed by atoms with Crippen molar-refractivity contribution in [1.29, 1.82) is 0 Å². The highest BCUT2D eigenvalue weighted by atomic mass is 35.5. The van der Waals surface area contributed by atoms with Crippen LogP contribution in [0.2, 0.25) is 0 Å². The normalized spacial score (nSPS) is 10.6. The number of fused-ring (bicyclic) bond motifs is 1. The third kappa shape index (κ3) is 4.13. The van der Waals surface area contributed by atoms with E-state index in [2.05, 4.69) is 9.97 Å². The molecule has 0 fully saturated rings. The number of hydrogen-bond donors (Lipinski definition) is 3. The van der Waals surface area contributed by atoms with Crippen molar-refractivity contribution in [3.05, 3.63) is 75.6 Å². The minimum atomic E-state index is -1.35. The molecule has 2 aromatic heterocycles. The van der Waals surface area contributed by atoms with Gasteiger partial charge in [-0.25, -0.2) is 9.78 Å². The van der Waals surface area contributed by atoms with Gasteiger partial charge in [0.2, 0.25) is 17.3 Å². The molecule has 4 rings (SSSR count). The summed E-state index contributed by atoms with van der Waals surface area (Å²) in [5.41, 5.74) is 14.1. The third-order valence-corrected chi connectivity index (χ3v) is 5.59. The molecule has 0 aliphatic heterocycles. The van der Waals surface area contributed by atoms with Crippen LogP contribution in [0.3, 0.4) is 0 Å². The van der Waals surface area contributed by atoms with E-state index in [4.69, 9.17) is 16.2 Å². The molecular formula is C24H24ClN5O4. The number of anilines is 2. The van der Waals surface area contributed by atoms with E-state index in [-0.39, 0.29) is 41.9 Å². The van der Waals surface area contributed by atoms with Gasteiger partial charge in [0.1, 0.15) is 5.82 Å². The molecule has 2 heterocycles. The second-order valence-corrected chi connectivity index (χ2v) is 7.43. The molecule has 0 aliphatic rings. The fourth-order valence-corrected chi connectivity index (χ4v) is 4.13. The summed E-state index contributed by atoms with van der Waals surface area (Å²) in [6, 6.07) is 13.3. The Labute approximate surface area is 201 Å². The number of methoxy groups -OCH3 is 1. The highest BCUT2D eigenvalue weighted by Crippen LogP contribution is 2.34. The molecule has 0 amide bonds. The molecule has 0 atom stereocenters. The molecule has 2 aromatic carbocycles. The van der Waals surface area contributed by atoms with E-state index in [1.54, 1.807) is 4.57 Å². The molecule has 0 radical (unpaired) electrons. The quantitative estimate of drug-likeness (QED) is 0.380. The van der Waals surface area contributed by atoms with Crippen molar-refractivity contribution in [2.45, 2.75) is 19.9 Å². The lowest BCUT2D eigenvalue weighted by Crippen LogP contribution is -2.23. The van der Waals surface area contributed by atoms with Gasteiger partial charge >= 0.3 is 5.97 Å². The number of nitrogens with two attached hydrogens (primary N) is 2. The number of aromatic carboxylic acids is 1. The predicted octanol–water partition coefficient (Wildman–Crippen LogP) is 3.36. The molecule has 9 nitrogen and oxygen atoms in total. The number of rotatable bonds is 6. The number of carboxylic acid groups (broad SMARTS) is 1. The van der Waals surface area contributed by atoms with Crippen LogP contribution in [0.1, 0.15) is 28.4 Å². The zero-order valence-electron chi connectivity index (χ0n) is 18.6. The standard InChI is InChI=1S/C24H23N5O4.ClH/c1-3-29-17-10-9-15(13-7-5-4-6-8-13)16(11-14-12-27-24(26)28-21(14)25)18(17)20(30)19(23(31)32)22(29)33-2;/h4-10,12H,3,11H2,1-2H3,(H,31,32)(H4,25,26,27,28);1H. The van der Waals surface area contributed by atoms with Gasteiger partial charge in [0.05, 0.1) is 18.0 Å². The van der Waals surface area contributed by atoms with Crippen LogP contribution in [0.25, 0.3) is 22.0 Å². The molecule has 0 bridgehead atoms. The van der Waals surface area contributed by atoms with Gasteiger partial charge in [0.15, 0.2) is 5.56 Å². The van der Waals surface area contributed by atoms with Crippen molar-refractivity contribution in [2.75, 3.05) is 18.6 Å². The van der Waals surface area contributed by atoms with E-state index in [0.717, 1.165) is 11.1 Å². The summed E-state index contributed by atoms with van der Waals surface area (Å²) in [4.78, 5) is 33.7. The summed E-state index contributed by atoms with van der Waals surface area (Å²) >= 11 is 0. The van der Waals surface area contributed by atoms with Crippen LogP contribution in [-0.2, 0) is 13.0 Å². The molecular weight excluding hydrogens is 458 g/mol. The minimum Gasteiger partial charge on any atom is -0.481 e. The van der Waals surface area contributed by atoms with Crippen molar-refractivity contribution < 1.29 is 14.6 Å². The van der Waals surface area contributed by atoms with E-state index in [1.165, 1.54) is 13.3 Å². The molecule has 0 saturated carbocycles. The maximum Gasteiger partial charge on any atom is 0.345 e.